The average Bonchev–Trinajstić information content (AvgIpc) is 2.83. The average molecular weight is 430 g/mol. The van der Waals surface area contributed by atoms with Gasteiger partial charge in [0, 0.05) is 6.08 Å². The summed E-state index contributed by atoms with van der Waals surface area (Å²) in [6.45, 7) is -0.157. The minimum absolute atomic E-state index is 0.157. The lowest BCUT2D eigenvalue weighted by molar-refractivity contribution is -0.129. The number of hydrogen-bond acceptors (Lipinski definition) is 6. The molecule has 0 saturated carbocycles. The van der Waals surface area contributed by atoms with E-state index in [2.05, 4.69) is 10.5 Å². The van der Waals surface area contributed by atoms with E-state index in [1.807, 2.05) is 48.5 Å². The predicted octanol–water partition coefficient (Wildman–Crippen LogP) is 3.84. The number of esters is 1. The third-order valence-corrected chi connectivity index (χ3v) is 4.13. The van der Waals surface area contributed by atoms with Gasteiger partial charge in [0.15, 0.2) is 18.1 Å². The van der Waals surface area contributed by atoms with E-state index in [-0.39, 0.29) is 12.4 Å². The van der Waals surface area contributed by atoms with Gasteiger partial charge in [-0.2, -0.15) is 5.10 Å². The second-order valence-electron chi connectivity index (χ2n) is 6.47. The number of hydrogen-bond donors (Lipinski definition) is 1. The van der Waals surface area contributed by atoms with E-state index >= 15 is 0 Å². The number of hydrazone groups is 1. The summed E-state index contributed by atoms with van der Waals surface area (Å²) in [4.78, 5) is 23.9. The second-order valence-corrected chi connectivity index (χ2v) is 6.47. The van der Waals surface area contributed by atoms with Crippen molar-refractivity contribution in [1.82, 2.24) is 5.43 Å². The SMILES string of the molecule is COc1cc(C=NNC(=O)COc2ccccc2)ccc1OC(=O)C=Cc1ccccc1. The number of carbonyl (C=O) groups excluding carboxylic acids is 2. The highest BCUT2D eigenvalue weighted by Crippen LogP contribution is 2.27. The molecule has 0 spiro atoms. The first-order chi connectivity index (χ1) is 15.6. The molecule has 0 heterocycles. The molecule has 0 radical (unpaired) electrons. The highest BCUT2D eigenvalue weighted by atomic mass is 16.6. The summed E-state index contributed by atoms with van der Waals surface area (Å²) in [5.41, 5.74) is 3.92. The monoisotopic (exact) mass is 430 g/mol. The van der Waals surface area contributed by atoms with E-state index in [0.717, 1.165) is 5.56 Å². The van der Waals surface area contributed by atoms with E-state index in [4.69, 9.17) is 14.2 Å². The van der Waals surface area contributed by atoms with Crippen molar-refractivity contribution in [3.63, 3.8) is 0 Å². The van der Waals surface area contributed by atoms with Gasteiger partial charge in [0.25, 0.3) is 5.91 Å². The van der Waals surface area contributed by atoms with Gasteiger partial charge < -0.3 is 14.2 Å². The van der Waals surface area contributed by atoms with Crippen LogP contribution in [0.25, 0.3) is 6.08 Å². The van der Waals surface area contributed by atoms with Crippen molar-refractivity contribution in [2.75, 3.05) is 13.7 Å². The zero-order chi connectivity index (χ0) is 22.6. The largest absolute Gasteiger partial charge is 0.493 e. The van der Waals surface area contributed by atoms with E-state index in [0.29, 0.717) is 17.1 Å². The van der Waals surface area contributed by atoms with Crippen molar-refractivity contribution in [2.45, 2.75) is 0 Å². The second kappa shape index (κ2) is 11.7. The molecular weight excluding hydrogens is 408 g/mol. The van der Waals surface area contributed by atoms with Crippen LogP contribution in [0.4, 0.5) is 0 Å². The molecule has 1 amide bonds. The van der Waals surface area contributed by atoms with Crippen LogP contribution in [0, 0.1) is 0 Å². The summed E-state index contributed by atoms with van der Waals surface area (Å²) < 4.78 is 16.0. The summed E-state index contributed by atoms with van der Waals surface area (Å²) in [5.74, 6) is 0.300. The van der Waals surface area contributed by atoms with Crippen LogP contribution in [0.3, 0.4) is 0 Å². The Labute approximate surface area is 185 Å². The summed E-state index contributed by atoms with van der Waals surface area (Å²) in [6.07, 6.45) is 4.46. The molecule has 0 saturated heterocycles. The molecule has 0 unspecified atom stereocenters. The Morgan fingerprint density at radius 2 is 1.62 bits per heavy atom. The molecule has 1 N–H and O–H groups in total. The van der Waals surface area contributed by atoms with Crippen molar-refractivity contribution in [2.24, 2.45) is 5.10 Å². The van der Waals surface area contributed by atoms with Crippen LogP contribution < -0.4 is 19.6 Å². The molecule has 0 aliphatic heterocycles. The zero-order valence-corrected chi connectivity index (χ0v) is 17.4. The Morgan fingerprint density at radius 3 is 2.34 bits per heavy atom. The standard InChI is InChI=1S/C25H22N2O5/c1-30-23-16-20(17-26-27-24(28)18-31-21-10-6-3-7-11-21)12-14-22(23)32-25(29)15-13-19-8-4-2-5-9-19/h2-17H,18H2,1H3,(H,27,28). The molecule has 3 aromatic rings. The molecular formula is C25H22N2O5. The Hall–Kier alpha value is -4.39. The maximum absolute atomic E-state index is 12.1. The molecule has 7 nitrogen and oxygen atoms in total. The van der Waals surface area contributed by atoms with Gasteiger partial charge in [0.1, 0.15) is 5.75 Å². The topological polar surface area (TPSA) is 86.2 Å². The van der Waals surface area contributed by atoms with Crippen molar-refractivity contribution in [3.05, 3.63) is 96.1 Å². The number of benzene rings is 3. The van der Waals surface area contributed by atoms with Gasteiger partial charge >= 0.3 is 5.97 Å². The Kier molecular flexibility index (Phi) is 8.16. The Balaban J connectivity index is 1.53. The molecule has 7 heteroatoms. The number of carbonyl (C=O) groups is 2. The van der Waals surface area contributed by atoms with Crippen LogP contribution in [0.15, 0.2) is 90.0 Å². The molecule has 0 bridgehead atoms. The molecule has 32 heavy (non-hydrogen) atoms. The number of methoxy groups -OCH3 is 1. The fourth-order valence-corrected chi connectivity index (χ4v) is 2.60. The molecule has 0 aliphatic rings. The number of nitrogens with zero attached hydrogens (tertiary/aromatic N) is 1. The van der Waals surface area contributed by atoms with Crippen molar-refractivity contribution >= 4 is 24.2 Å². The molecule has 0 atom stereocenters. The molecule has 0 aliphatic carbocycles. The first kappa shape index (κ1) is 22.3. The number of nitrogens with one attached hydrogen (secondary N) is 1. The fraction of sp³-hybridized carbons (Fsp3) is 0.0800. The summed E-state index contributed by atoms with van der Waals surface area (Å²) >= 11 is 0. The smallest absolute Gasteiger partial charge is 0.336 e. The third kappa shape index (κ3) is 7.14. The van der Waals surface area contributed by atoms with Gasteiger partial charge in [-0.15, -0.1) is 0 Å². The van der Waals surface area contributed by atoms with E-state index in [1.54, 1.807) is 36.4 Å². The predicted molar refractivity (Wildman–Crippen MR) is 122 cm³/mol. The van der Waals surface area contributed by atoms with Gasteiger partial charge in [-0.1, -0.05) is 48.5 Å². The van der Waals surface area contributed by atoms with Gasteiger partial charge in [-0.3, -0.25) is 4.79 Å². The lowest BCUT2D eigenvalue weighted by Crippen LogP contribution is -2.24. The minimum atomic E-state index is -0.528. The summed E-state index contributed by atoms with van der Waals surface area (Å²) in [6, 6.07) is 23.4. The Morgan fingerprint density at radius 1 is 0.906 bits per heavy atom. The van der Waals surface area contributed by atoms with Crippen LogP contribution in [0.5, 0.6) is 17.2 Å². The maximum atomic E-state index is 12.1. The number of amides is 1. The van der Waals surface area contributed by atoms with Gasteiger partial charge in [-0.25, -0.2) is 10.2 Å². The molecule has 0 fully saturated rings. The zero-order valence-electron chi connectivity index (χ0n) is 17.4. The molecule has 162 valence electrons. The summed E-state index contributed by atoms with van der Waals surface area (Å²) in [5, 5.41) is 3.90. The fourth-order valence-electron chi connectivity index (χ4n) is 2.60. The third-order valence-electron chi connectivity index (χ3n) is 4.13. The van der Waals surface area contributed by atoms with Crippen molar-refractivity contribution in [3.8, 4) is 17.2 Å². The highest BCUT2D eigenvalue weighted by Gasteiger charge is 2.09. The Bertz CT molecular complexity index is 1100. The maximum Gasteiger partial charge on any atom is 0.336 e. The quantitative estimate of drug-likeness (QED) is 0.183. The van der Waals surface area contributed by atoms with Crippen LogP contribution in [0.2, 0.25) is 0 Å². The van der Waals surface area contributed by atoms with Crippen LogP contribution in [0.1, 0.15) is 11.1 Å². The van der Waals surface area contributed by atoms with Crippen molar-refractivity contribution < 1.29 is 23.8 Å². The first-order valence-electron chi connectivity index (χ1n) is 9.77. The van der Waals surface area contributed by atoms with Crippen LogP contribution in [-0.2, 0) is 9.59 Å². The molecule has 3 rings (SSSR count). The lowest BCUT2D eigenvalue weighted by atomic mass is 10.2. The highest BCUT2D eigenvalue weighted by molar-refractivity contribution is 5.89. The lowest BCUT2D eigenvalue weighted by Gasteiger charge is -2.08. The van der Waals surface area contributed by atoms with E-state index in [9.17, 15) is 9.59 Å². The van der Waals surface area contributed by atoms with Crippen LogP contribution in [-0.4, -0.2) is 31.8 Å². The van der Waals surface area contributed by atoms with Gasteiger partial charge in [0.05, 0.1) is 13.3 Å². The first-order valence-corrected chi connectivity index (χ1v) is 9.77. The molecule has 3 aromatic carbocycles. The number of ether oxygens (including phenoxy) is 3. The van der Waals surface area contributed by atoms with E-state index in [1.165, 1.54) is 19.4 Å². The van der Waals surface area contributed by atoms with Crippen molar-refractivity contribution in [1.29, 1.82) is 0 Å². The van der Waals surface area contributed by atoms with E-state index < -0.39 is 11.9 Å². The normalized spacial score (nSPS) is 10.8. The van der Waals surface area contributed by atoms with Gasteiger partial charge in [0.2, 0.25) is 0 Å². The minimum Gasteiger partial charge on any atom is -0.493 e. The number of para-hydroxylation sites is 1. The van der Waals surface area contributed by atoms with Gasteiger partial charge in [-0.05, 0) is 47.5 Å². The number of rotatable bonds is 9. The molecule has 0 aromatic heterocycles. The van der Waals surface area contributed by atoms with Crippen LogP contribution >= 0.6 is 0 Å². The summed E-state index contributed by atoms with van der Waals surface area (Å²) in [7, 11) is 1.47.